The molecule has 0 radical (unpaired) electrons. The van der Waals surface area contributed by atoms with E-state index in [-0.39, 0.29) is 5.91 Å². The number of hydrogen-bond donors (Lipinski definition) is 1. The predicted octanol–water partition coefficient (Wildman–Crippen LogP) is 3.21. The van der Waals surface area contributed by atoms with Crippen molar-refractivity contribution in [3.05, 3.63) is 29.8 Å². The van der Waals surface area contributed by atoms with Crippen molar-refractivity contribution in [2.24, 2.45) is 0 Å². The maximum absolute atomic E-state index is 12.0. The molecule has 0 unspecified atom stereocenters. The first-order chi connectivity index (χ1) is 12.1. The molecule has 0 spiro atoms. The minimum atomic E-state index is 0.0178. The molecule has 1 amide bonds. The van der Waals surface area contributed by atoms with Crippen LogP contribution in [0.3, 0.4) is 0 Å². The molecule has 0 saturated carbocycles. The van der Waals surface area contributed by atoms with Crippen molar-refractivity contribution in [1.29, 1.82) is 0 Å². The van der Waals surface area contributed by atoms with Crippen molar-refractivity contribution in [3.63, 3.8) is 0 Å². The number of aromatic nitrogens is 3. The zero-order chi connectivity index (χ0) is 17.8. The first kappa shape index (κ1) is 17.5. The molecule has 0 saturated heterocycles. The van der Waals surface area contributed by atoms with Crippen molar-refractivity contribution < 1.29 is 9.53 Å². The number of carbonyl (C=O) groups is 1. The van der Waals surface area contributed by atoms with Crippen LogP contribution in [0.15, 0.2) is 29.4 Å². The highest BCUT2D eigenvalue weighted by atomic mass is 32.2. The van der Waals surface area contributed by atoms with E-state index in [1.165, 1.54) is 11.8 Å². The number of hydrogen-bond acceptors (Lipinski definition) is 5. The van der Waals surface area contributed by atoms with E-state index in [0.717, 1.165) is 47.2 Å². The van der Waals surface area contributed by atoms with E-state index in [1.807, 2.05) is 28.7 Å². The molecular weight excluding hydrogens is 336 g/mol. The van der Waals surface area contributed by atoms with E-state index in [4.69, 9.17) is 4.74 Å². The van der Waals surface area contributed by atoms with E-state index in [9.17, 15) is 4.79 Å². The zero-order valence-corrected chi connectivity index (χ0v) is 15.5. The normalized spacial score (nSPS) is 11.2. The number of aryl methyl sites for hydroxylation is 1. The largest absolute Gasteiger partial charge is 0.497 e. The molecule has 0 aliphatic carbocycles. The molecule has 0 aliphatic heterocycles. The number of methoxy groups -OCH3 is 1. The lowest BCUT2D eigenvalue weighted by Crippen LogP contribution is -2.26. The number of pyridine rings is 1. The van der Waals surface area contributed by atoms with Crippen molar-refractivity contribution in [1.82, 2.24) is 19.9 Å². The zero-order valence-electron chi connectivity index (χ0n) is 14.7. The molecule has 0 fully saturated rings. The first-order valence-corrected chi connectivity index (χ1v) is 9.34. The van der Waals surface area contributed by atoms with Gasteiger partial charge in [-0.15, -0.1) is 10.2 Å². The molecule has 1 N–H and O–H groups in total. The Kier molecular flexibility index (Phi) is 5.43. The monoisotopic (exact) mass is 358 g/mol. The molecule has 1 aromatic carbocycles. The smallest absolute Gasteiger partial charge is 0.230 e. The summed E-state index contributed by atoms with van der Waals surface area (Å²) >= 11 is 1.39. The Bertz CT molecular complexity index is 907. The number of thioether (sulfide) groups is 1. The lowest BCUT2D eigenvalue weighted by Gasteiger charge is -2.09. The Hall–Kier alpha value is -2.28. The van der Waals surface area contributed by atoms with Gasteiger partial charge in [-0.05, 0) is 37.1 Å². The van der Waals surface area contributed by atoms with Gasteiger partial charge in [-0.25, -0.2) is 0 Å². The van der Waals surface area contributed by atoms with Crippen LogP contribution in [0.2, 0.25) is 0 Å². The summed E-state index contributed by atoms with van der Waals surface area (Å²) < 4.78 is 7.34. The number of unbranched alkanes of at least 4 members (excludes halogenated alkanes) is 1. The maximum Gasteiger partial charge on any atom is 0.230 e. The summed E-state index contributed by atoms with van der Waals surface area (Å²) in [6.07, 6.45) is 2.06. The topological polar surface area (TPSA) is 68.5 Å². The van der Waals surface area contributed by atoms with Crippen LogP contribution in [0.25, 0.3) is 16.6 Å². The molecule has 7 heteroatoms. The van der Waals surface area contributed by atoms with Crippen molar-refractivity contribution in [2.45, 2.75) is 31.8 Å². The van der Waals surface area contributed by atoms with E-state index in [1.54, 1.807) is 7.11 Å². The highest BCUT2D eigenvalue weighted by Gasteiger charge is 2.13. The highest BCUT2D eigenvalue weighted by molar-refractivity contribution is 7.99. The third-order valence-electron chi connectivity index (χ3n) is 4.06. The number of amides is 1. The number of nitrogens with zero attached hydrogens (tertiary/aromatic N) is 3. The van der Waals surface area contributed by atoms with Gasteiger partial charge in [0.15, 0.2) is 10.8 Å². The van der Waals surface area contributed by atoms with Crippen LogP contribution in [0.1, 0.15) is 25.3 Å². The molecule has 0 bridgehead atoms. The number of fused-ring (bicyclic) bond motifs is 3. The summed E-state index contributed by atoms with van der Waals surface area (Å²) in [5.41, 5.74) is 2.88. The van der Waals surface area contributed by atoms with Gasteiger partial charge in [-0.1, -0.05) is 25.1 Å². The lowest BCUT2D eigenvalue weighted by molar-refractivity contribution is -0.118. The Balaban J connectivity index is 1.91. The van der Waals surface area contributed by atoms with Crippen LogP contribution in [-0.2, 0) is 4.79 Å². The molecule has 132 valence electrons. The molecule has 2 heterocycles. The molecular formula is C18H22N4O2S. The second-order valence-electron chi connectivity index (χ2n) is 5.88. The number of ether oxygens (including phenoxy) is 1. The number of rotatable bonds is 7. The Morgan fingerprint density at radius 2 is 2.16 bits per heavy atom. The fraction of sp³-hybridized carbons (Fsp3) is 0.389. The van der Waals surface area contributed by atoms with Gasteiger partial charge in [-0.2, -0.15) is 0 Å². The van der Waals surface area contributed by atoms with Crippen LogP contribution in [0.5, 0.6) is 5.75 Å². The number of benzene rings is 1. The first-order valence-electron chi connectivity index (χ1n) is 8.36. The minimum absolute atomic E-state index is 0.0178. The Morgan fingerprint density at radius 3 is 2.92 bits per heavy atom. The second kappa shape index (κ2) is 7.74. The van der Waals surface area contributed by atoms with Gasteiger partial charge in [0.2, 0.25) is 5.91 Å². The fourth-order valence-electron chi connectivity index (χ4n) is 2.71. The van der Waals surface area contributed by atoms with Crippen LogP contribution < -0.4 is 10.1 Å². The van der Waals surface area contributed by atoms with Gasteiger partial charge < -0.3 is 10.1 Å². The average Bonchev–Trinajstić information content (AvgIpc) is 3.02. The van der Waals surface area contributed by atoms with Gasteiger partial charge >= 0.3 is 0 Å². The van der Waals surface area contributed by atoms with Crippen LogP contribution in [0.4, 0.5) is 0 Å². The highest BCUT2D eigenvalue weighted by Crippen LogP contribution is 2.28. The average molecular weight is 358 g/mol. The van der Waals surface area contributed by atoms with Crippen LogP contribution >= 0.6 is 11.8 Å². The standard InChI is InChI=1S/C18H22N4O2S/c1-4-5-8-19-17(23)11-25-18-21-20-16-9-12(2)14-7-6-13(24-3)10-15(14)22(16)18/h6-7,9-10H,4-5,8,11H2,1-3H3,(H,19,23). The van der Waals surface area contributed by atoms with Gasteiger partial charge in [0.1, 0.15) is 5.75 Å². The third-order valence-corrected chi connectivity index (χ3v) is 4.99. The Labute approximate surface area is 151 Å². The van der Waals surface area contributed by atoms with E-state index >= 15 is 0 Å². The Morgan fingerprint density at radius 1 is 1.32 bits per heavy atom. The summed E-state index contributed by atoms with van der Waals surface area (Å²) in [5, 5.41) is 13.3. The summed E-state index contributed by atoms with van der Waals surface area (Å²) in [7, 11) is 1.65. The number of nitrogens with one attached hydrogen (secondary N) is 1. The second-order valence-corrected chi connectivity index (χ2v) is 6.82. The van der Waals surface area contributed by atoms with E-state index < -0.39 is 0 Å². The fourth-order valence-corrected chi connectivity index (χ4v) is 3.49. The van der Waals surface area contributed by atoms with Crippen molar-refractivity contribution in [3.8, 4) is 5.75 Å². The molecule has 3 rings (SSSR count). The lowest BCUT2D eigenvalue weighted by atomic mass is 10.1. The summed E-state index contributed by atoms with van der Waals surface area (Å²) in [6.45, 7) is 4.87. The molecule has 0 aliphatic rings. The third kappa shape index (κ3) is 3.71. The molecule has 6 nitrogen and oxygen atoms in total. The molecule has 25 heavy (non-hydrogen) atoms. The van der Waals surface area contributed by atoms with E-state index in [2.05, 4.69) is 29.4 Å². The molecule has 3 aromatic rings. The number of carbonyl (C=O) groups excluding carboxylic acids is 1. The summed E-state index contributed by atoms with van der Waals surface area (Å²) in [4.78, 5) is 12.0. The SMILES string of the molecule is CCCCNC(=O)CSc1nnc2cc(C)c3ccc(OC)cc3n12. The summed E-state index contributed by atoms with van der Waals surface area (Å²) in [6, 6.07) is 7.96. The predicted molar refractivity (Wildman–Crippen MR) is 100 cm³/mol. The molecule has 2 aromatic heterocycles. The molecule has 0 atom stereocenters. The van der Waals surface area contributed by atoms with E-state index in [0.29, 0.717) is 10.9 Å². The quantitative estimate of drug-likeness (QED) is 0.519. The van der Waals surface area contributed by atoms with Crippen LogP contribution in [0, 0.1) is 6.92 Å². The maximum atomic E-state index is 12.0. The minimum Gasteiger partial charge on any atom is -0.497 e. The van der Waals surface area contributed by atoms with Crippen molar-refractivity contribution in [2.75, 3.05) is 19.4 Å². The van der Waals surface area contributed by atoms with Crippen LogP contribution in [-0.4, -0.2) is 39.9 Å². The van der Waals surface area contributed by atoms with Gasteiger partial charge in [0.25, 0.3) is 0 Å². The van der Waals surface area contributed by atoms with Gasteiger partial charge in [-0.3, -0.25) is 9.20 Å². The van der Waals surface area contributed by atoms with Gasteiger partial charge in [0.05, 0.1) is 18.4 Å². The van der Waals surface area contributed by atoms with Gasteiger partial charge in [0, 0.05) is 18.0 Å². The summed E-state index contributed by atoms with van der Waals surface area (Å²) in [5.74, 6) is 1.12. The van der Waals surface area contributed by atoms with Crippen molar-refractivity contribution >= 4 is 34.2 Å².